The van der Waals surface area contributed by atoms with Crippen LogP contribution >= 0.6 is 0 Å². The Hall–Kier alpha value is -2.45. The van der Waals surface area contributed by atoms with Crippen molar-refractivity contribution in [2.45, 2.75) is 29.5 Å². The molecule has 120 valence electrons. The zero-order valence-corrected chi connectivity index (χ0v) is 11.7. The van der Waals surface area contributed by atoms with E-state index in [0.29, 0.717) is 0 Å². The minimum Gasteiger partial charge on any atom is -0.393 e. The predicted octanol–water partition coefficient (Wildman–Crippen LogP) is -2.54. The minimum atomic E-state index is -2.12. The normalized spacial score (nSPS) is 38.4. The molecule has 4 rings (SSSR count). The summed E-state index contributed by atoms with van der Waals surface area (Å²) in [6.45, 7) is -0.521. The van der Waals surface area contributed by atoms with E-state index in [4.69, 9.17) is 16.9 Å². The first-order chi connectivity index (χ1) is 10.8. The van der Waals surface area contributed by atoms with Crippen LogP contribution < -0.4 is 11.3 Å². The molecular formula is C13H13N5O5. The standard InChI is InChI=1S/C13H13N5O5/c1-2-12(21)9(23-11(4-19)3-13(11,12)22)18-5-15-6-7(18)16-10(14)17-8(6)20/h1,5,9,19,21-22H,3-4H2,(H3,14,16,17,20)/t9-,11-,12+,13-/m1/s1. The lowest BCUT2D eigenvalue weighted by Crippen LogP contribution is -2.48. The fourth-order valence-corrected chi connectivity index (χ4v) is 3.28. The maximum absolute atomic E-state index is 11.8. The Morgan fingerprint density at radius 1 is 1.61 bits per heavy atom. The molecule has 0 aromatic carbocycles. The van der Waals surface area contributed by atoms with Crippen LogP contribution in [0.3, 0.4) is 0 Å². The summed E-state index contributed by atoms with van der Waals surface area (Å²) in [6.07, 6.45) is 5.34. The third-order valence-electron chi connectivity index (χ3n) is 4.67. The number of fused-ring (bicyclic) bond motifs is 2. The highest BCUT2D eigenvalue weighted by molar-refractivity contribution is 5.71. The number of nitrogen functional groups attached to an aromatic ring is 1. The van der Waals surface area contributed by atoms with Gasteiger partial charge in [-0.25, -0.2) is 4.98 Å². The molecule has 2 aromatic rings. The van der Waals surface area contributed by atoms with Crippen LogP contribution in [0.1, 0.15) is 12.6 Å². The van der Waals surface area contributed by atoms with Gasteiger partial charge in [-0.1, -0.05) is 5.92 Å². The maximum Gasteiger partial charge on any atom is 0.280 e. The second kappa shape index (κ2) is 3.90. The van der Waals surface area contributed by atoms with Gasteiger partial charge in [0.1, 0.15) is 11.2 Å². The SMILES string of the molecule is C#C[C@]1(O)[C@H](n2cnc3c(=O)[nH]c(N)nc32)O[C@@]2(CO)C[C@@]21O. The van der Waals surface area contributed by atoms with E-state index in [1.54, 1.807) is 0 Å². The molecule has 6 N–H and O–H groups in total. The first-order valence-corrected chi connectivity index (χ1v) is 6.75. The van der Waals surface area contributed by atoms with E-state index in [9.17, 15) is 20.1 Å². The van der Waals surface area contributed by atoms with Gasteiger partial charge in [0.15, 0.2) is 17.4 Å². The number of H-pyrrole nitrogens is 1. The Balaban J connectivity index is 1.93. The molecule has 10 nitrogen and oxygen atoms in total. The Morgan fingerprint density at radius 3 is 3.00 bits per heavy atom. The molecule has 0 radical (unpaired) electrons. The number of aliphatic hydroxyl groups excluding tert-OH is 1. The topological polar surface area (TPSA) is 160 Å². The average Bonchev–Trinajstić information content (AvgIpc) is 2.84. The van der Waals surface area contributed by atoms with E-state index in [1.165, 1.54) is 10.9 Å². The number of aromatic nitrogens is 4. The van der Waals surface area contributed by atoms with E-state index in [2.05, 4.69) is 20.9 Å². The monoisotopic (exact) mass is 319 g/mol. The van der Waals surface area contributed by atoms with Gasteiger partial charge in [0.2, 0.25) is 11.5 Å². The van der Waals surface area contributed by atoms with Crippen LogP contribution in [0.4, 0.5) is 5.95 Å². The van der Waals surface area contributed by atoms with Crippen molar-refractivity contribution in [2.24, 2.45) is 0 Å². The van der Waals surface area contributed by atoms with Gasteiger partial charge < -0.3 is 25.8 Å². The third-order valence-corrected chi connectivity index (χ3v) is 4.67. The highest BCUT2D eigenvalue weighted by atomic mass is 16.6. The number of hydrogen-bond donors (Lipinski definition) is 5. The van der Waals surface area contributed by atoms with Crippen molar-refractivity contribution in [1.29, 1.82) is 0 Å². The quantitative estimate of drug-likeness (QED) is 0.379. The van der Waals surface area contributed by atoms with Crippen molar-refractivity contribution in [2.75, 3.05) is 12.3 Å². The molecule has 0 spiro atoms. The van der Waals surface area contributed by atoms with Crippen molar-refractivity contribution < 1.29 is 20.1 Å². The van der Waals surface area contributed by atoms with Crippen molar-refractivity contribution in [3.8, 4) is 12.3 Å². The number of rotatable bonds is 2. The number of terminal acetylenes is 1. The van der Waals surface area contributed by atoms with E-state index in [1.807, 2.05) is 0 Å². The molecule has 1 saturated carbocycles. The average molecular weight is 319 g/mol. The minimum absolute atomic E-state index is 0.00349. The predicted molar refractivity (Wildman–Crippen MR) is 75.8 cm³/mol. The van der Waals surface area contributed by atoms with Gasteiger partial charge in [0.05, 0.1) is 12.9 Å². The Morgan fingerprint density at radius 2 is 2.35 bits per heavy atom. The smallest absolute Gasteiger partial charge is 0.280 e. The largest absolute Gasteiger partial charge is 0.393 e. The van der Waals surface area contributed by atoms with Crippen molar-refractivity contribution in [3.63, 3.8) is 0 Å². The Bertz CT molecular complexity index is 931. The second-order valence-electron chi connectivity index (χ2n) is 5.85. The third kappa shape index (κ3) is 1.40. The van der Waals surface area contributed by atoms with Gasteiger partial charge in [0.25, 0.3) is 5.56 Å². The van der Waals surface area contributed by atoms with E-state index in [-0.39, 0.29) is 23.5 Å². The number of nitrogens with two attached hydrogens (primary N) is 1. The molecular weight excluding hydrogens is 306 g/mol. The lowest BCUT2D eigenvalue weighted by Gasteiger charge is -2.29. The number of nitrogens with zero attached hydrogens (tertiary/aromatic N) is 3. The summed E-state index contributed by atoms with van der Waals surface area (Å²) in [5.41, 5.74) is -0.288. The van der Waals surface area contributed by atoms with Crippen LogP contribution in [0.5, 0.6) is 0 Å². The molecule has 3 heterocycles. The molecule has 1 aliphatic carbocycles. The summed E-state index contributed by atoms with van der Waals surface area (Å²) in [7, 11) is 0. The van der Waals surface area contributed by atoms with Crippen molar-refractivity contribution in [1.82, 2.24) is 19.5 Å². The van der Waals surface area contributed by atoms with Gasteiger partial charge in [-0.05, 0) is 0 Å². The summed E-state index contributed by atoms with van der Waals surface area (Å²) >= 11 is 0. The van der Waals surface area contributed by atoms with E-state index < -0.39 is 35.2 Å². The lowest BCUT2D eigenvalue weighted by atomic mass is 9.93. The number of imidazole rings is 1. The molecule has 0 amide bonds. The number of aromatic amines is 1. The number of anilines is 1. The molecule has 10 heteroatoms. The van der Waals surface area contributed by atoms with Gasteiger partial charge in [-0.2, -0.15) is 4.98 Å². The summed E-state index contributed by atoms with van der Waals surface area (Å²) in [4.78, 5) is 22.0. The van der Waals surface area contributed by atoms with Crippen molar-refractivity contribution >= 4 is 17.1 Å². The molecule has 2 fully saturated rings. The molecule has 2 aliphatic rings. The maximum atomic E-state index is 11.8. The fourth-order valence-electron chi connectivity index (χ4n) is 3.28. The second-order valence-corrected chi connectivity index (χ2v) is 5.85. The molecule has 0 unspecified atom stereocenters. The zero-order valence-electron chi connectivity index (χ0n) is 11.7. The van der Waals surface area contributed by atoms with Crippen LogP contribution in [-0.2, 0) is 4.74 Å². The molecule has 2 aromatic heterocycles. The van der Waals surface area contributed by atoms with Crippen LogP contribution in [0.2, 0.25) is 0 Å². The summed E-state index contributed by atoms with van der Waals surface area (Å²) < 4.78 is 6.88. The van der Waals surface area contributed by atoms with Crippen LogP contribution in [-0.4, -0.2) is 58.2 Å². The van der Waals surface area contributed by atoms with Crippen molar-refractivity contribution in [3.05, 3.63) is 16.7 Å². The first-order valence-electron chi connectivity index (χ1n) is 6.75. The van der Waals surface area contributed by atoms with E-state index >= 15 is 0 Å². The van der Waals surface area contributed by atoms with Gasteiger partial charge in [-0.3, -0.25) is 14.3 Å². The van der Waals surface area contributed by atoms with Gasteiger partial charge in [0, 0.05) is 6.42 Å². The summed E-state index contributed by atoms with van der Waals surface area (Å²) in [5.74, 6) is 1.99. The Labute approximate surface area is 128 Å². The number of nitrogens with one attached hydrogen (secondary N) is 1. The summed E-state index contributed by atoms with van der Waals surface area (Å²) in [6, 6.07) is 0. The Kier molecular flexibility index (Phi) is 2.40. The van der Waals surface area contributed by atoms with Gasteiger partial charge in [-0.15, -0.1) is 6.42 Å². The number of ether oxygens (including phenoxy) is 1. The number of aliphatic hydroxyl groups is 3. The van der Waals surface area contributed by atoms with Crippen LogP contribution in [0.15, 0.2) is 11.1 Å². The highest BCUT2D eigenvalue weighted by Gasteiger charge is 2.85. The summed E-state index contributed by atoms with van der Waals surface area (Å²) in [5, 5.41) is 30.8. The van der Waals surface area contributed by atoms with Gasteiger partial charge >= 0.3 is 0 Å². The zero-order chi connectivity index (χ0) is 16.6. The highest BCUT2D eigenvalue weighted by Crippen LogP contribution is 2.66. The lowest BCUT2D eigenvalue weighted by molar-refractivity contribution is -0.120. The first kappa shape index (κ1) is 14.2. The fraction of sp³-hybridized carbons (Fsp3) is 0.462. The van der Waals surface area contributed by atoms with E-state index in [0.717, 1.165) is 0 Å². The molecule has 4 atom stereocenters. The molecule has 1 saturated heterocycles. The van der Waals surface area contributed by atoms with Crippen LogP contribution in [0.25, 0.3) is 11.2 Å². The molecule has 1 aliphatic heterocycles. The molecule has 0 bridgehead atoms. The van der Waals surface area contributed by atoms with Crippen LogP contribution in [0, 0.1) is 12.3 Å². The molecule has 23 heavy (non-hydrogen) atoms. The number of hydrogen-bond acceptors (Lipinski definition) is 8.